The minimum Gasteiger partial charge on any atom is -0.369 e. The van der Waals surface area contributed by atoms with Crippen molar-refractivity contribution in [2.24, 2.45) is 18.7 Å². The second kappa shape index (κ2) is 3.87. The van der Waals surface area contributed by atoms with Crippen molar-refractivity contribution in [1.82, 2.24) is 14.7 Å². The van der Waals surface area contributed by atoms with Gasteiger partial charge in [0.25, 0.3) is 0 Å². The van der Waals surface area contributed by atoms with E-state index in [0.29, 0.717) is 0 Å². The highest BCUT2D eigenvalue weighted by Gasteiger charge is 2.42. The van der Waals surface area contributed by atoms with E-state index < -0.39 is 11.8 Å². The zero-order valence-corrected chi connectivity index (χ0v) is 10.2. The van der Waals surface area contributed by atoms with Crippen molar-refractivity contribution in [2.75, 3.05) is 7.05 Å². The molecule has 1 aromatic rings. The Morgan fingerprint density at radius 1 is 1.53 bits per heavy atom. The summed E-state index contributed by atoms with van der Waals surface area (Å²) in [5.41, 5.74) is 7.20. The van der Waals surface area contributed by atoms with Crippen LogP contribution in [0.5, 0.6) is 0 Å². The second-order valence-corrected chi connectivity index (χ2v) is 4.47. The Morgan fingerprint density at radius 3 is 2.65 bits per heavy atom. The second-order valence-electron chi connectivity index (χ2n) is 4.47. The highest BCUT2D eigenvalue weighted by atomic mass is 16.2. The molecule has 0 spiro atoms. The van der Waals surface area contributed by atoms with Gasteiger partial charge in [0, 0.05) is 31.8 Å². The SMILES string of the molecule is Cc1c([C@H]2[C@@H](C(N)=O)CC(=O)N2C)cnn1C. The van der Waals surface area contributed by atoms with Crippen LogP contribution >= 0.6 is 0 Å². The van der Waals surface area contributed by atoms with Crippen molar-refractivity contribution in [2.45, 2.75) is 19.4 Å². The number of likely N-dealkylation sites (tertiary alicyclic amines) is 1. The van der Waals surface area contributed by atoms with Gasteiger partial charge in [-0.2, -0.15) is 5.10 Å². The van der Waals surface area contributed by atoms with Gasteiger partial charge in [-0.3, -0.25) is 14.3 Å². The minimum absolute atomic E-state index is 0.0537. The maximum absolute atomic E-state index is 11.7. The molecule has 92 valence electrons. The number of carbonyl (C=O) groups excluding carboxylic acids is 2. The highest BCUT2D eigenvalue weighted by Crippen LogP contribution is 2.37. The van der Waals surface area contributed by atoms with Crippen LogP contribution in [0.4, 0.5) is 0 Å². The number of carbonyl (C=O) groups is 2. The Morgan fingerprint density at radius 2 is 2.18 bits per heavy atom. The van der Waals surface area contributed by atoms with E-state index in [2.05, 4.69) is 5.10 Å². The van der Waals surface area contributed by atoms with Gasteiger partial charge in [-0.15, -0.1) is 0 Å². The summed E-state index contributed by atoms with van der Waals surface area (Å²) in [5, 5.41) is 4.14. The average Bonchev–Trinajstić information content (AvgIpc) is 2.73. The van der Waals surface area contributed by atoms with E-state index in [-0.39, 0.29) is 18.4 Å². The van der Waals surface area contributed by atoms with Crippen LogP contribution < -0.4 is 5.73 Å². The fourth-order valence-electron chi connectivity index (χ4n) is 2.36. The Kier molecular flexibility index (Phi) is 2.65. The minimum atomic E-state index is -0.463. The summed E-state index contributed by atoms with van der Waals surface area (Å²) in [6.45, 7) is 1.91. The molecule has 0 radical (unpaired) electrons. The van der Waals surface area contributed by atoms with Gasteiger partial charge in [-0.05, 0) is 6.92 Å². The molecule has 0 unspecified atom stereocenters. The van der Waals surface area contributed by atoms with Crippen LogP contribution in [0, 0.1) is 12.8 Å². The van der Waals surface area contributed by atoms with Gasteiger partial charge in [0.15, 0.2) is 0 Å². The van der Waals surface area contributed by atoms with Gasteiger partial charge >= 0.3 is 0 Å². The monoisotopic (exact) mass is 236 g/mol. The molecule has 1 aromatic heterocycles. The topological polar surface area (TPSA) is 81.2 Å². The maximum Gasteiger partial charge on any atom is 0.223 e. The van der Waals surface area contributed by atoms with Crippen LogP contribution in [0.1, 0.15) is 23.7 Å². The van der Waals surface area contributed by atoms with Crippen molar-refractivity contribution >= 4 is 11.8 Å². The third-order valence-electron chi connectivity index (χ3n) is 3.54. The number of nitrogens with two attached hydrogens (primary N) is 1. The molecule has 0 aromatic carbocycles. The lowest BCUT2D eigenvalue weighted by molar-refractivity contribution is -0.128. The van der Waals surface area contributed by atoms with Crippen LogP contribution in [0.3, 0.4) is 0 Å². The lowest BCUT2D eigenvalue weighted by atomic mass is 9.93. The molecule has 0 bridgehead atoms. The molecule has 1 aliphatic heterocycles. The molecule has 2 rings (SSSR count). The van der Waals surface area contributed by atoms with Crippen LogP contribution in [0.2, 0.25) is 0 Å². The molecule has 0 aliphatic carbocycles. The molecular weight excluding hydrogens is 220 g/mol. The molecule has 6 nitrogen and oxygen atoms in total. The fourth-order valence-corrected chi connectivity index (χ4v) is 2.36. The molecule has 1 aliphatic rings. The molecular formula is C11H16N4O2. The molecule has 2 atom stereocenters. The first-order valence-electron chi connectivity index (χ1n) is 5.47. The van der Waals surface area contributed by atoms with Crippen LogP contribution in [0.25, 0.3) is 0 Å². The van der Waals surface area contributed by atoms with Crippen molar-refractivity contribution in [1.29, 1.82) is 0 Å². The predicted molar refractivity (Wildman–Crippen MR) is 60.8 cm³/mol. The summed E-state index contributed by atoms with van der Waals surface area (Å²) < 4.78 is 1.73. The van der Waals surface area contributed by atoms with Crippen LogP contribution in [0.15, 0.2) is 6.20 Å². The lowest BCUT2D eigenvalue weighted by Crippen LogP contribution is -2.30. The van der Waals surface area contributed by atoms with Crippen LogP contribution in [-0.4, -0.2) is 33.5 Å². The first-order valence-corrected chi connectivity index (χ1v) is 5.47. The summed E-state index contributed by atoms with van der Waals surface area (Å²) in [6.07, 6.45) is 1.88. The Balaban J connectivity index is 2.44. The zero-order valence-electron chi connectivity index (χ0n) is 10.2. The van der Waals surface area contributed by atoms with Crippen molar-refractivity contribution in [3.63, 3.8) is 0 Å². The molecule has 6 heteroatoms. The van der Waals surface area contributed by atoms with Gasteiger partial charge in [0.05, 0.1) is 18.2 Å². The number of nitrogens with zero attached hydrogens (tertiary/aromatic N) is 3. The third-order valence-corrected chi connectivity index (χ3v) is 3.54. The van der Waals surface area contributed by atoms with E-state index in [4.69, 9.17) is 5.73 Å². The normalized spacial score (nSPS) is 24.4. The van der Waals surface area contributed by atoms with Gasteiger partial charge in [-0.1, -0.05) is 0 Å². The Bertz CT molecular complexity index is 480. The van der Waals surface area contributed by atoms with E-state index in [0.717, 1.165) is 11.3 Å². The first kappa shape index (κ1) is 11.6. The summed E-state index contributed by atoms with van der Waals surface area (Å²) >= 11 is 0. The lowest BCUT2D eigenvalue weighted by Gasteiger charge is -2.23. The number of aryl methyl sites for hydroxylation is 1. The van der Waals surface area contributed by atoms with Crippen molar-refractivity contribution < 1.29 is 9.59 Å². The molecule has 17 heavy (non-hydrogen) atoms. The summed E-state index contributed by atoms with van der Waals surface area (Å²) in [7, 11) is 3.53. The van der Waals surface area contributed by atoms with E-state index in [1.807, 2.05) is 14.0 Å². The van der Waals surface area contributed by atoms with E-state index >= 15 is 0 Å². The zero-order chi connectivity index (χ0) is 12.7. The predicted octanol–water partition coefficient (Wildman–Crippen LogP) is -0.267. The highest BCUT2D eigenvalue weighted by molar-refractivity contribution is 5.89. The summed E-state index contributed by atoms with van der Waals surface area (Å²) in [6, 6.07) is -0.284. The molecule has 2 heterocycles. The Labute approximate surface area is 99.4 Å². The van der Waals surface area contributed by atoms with Crippen molar-refractivity contribution in [3.8, 4) is 0 Å². The van der Waals surface area contributed by atoms with Crippen LogP contribution in [-0.2, 0) is 16.6 Å². The van der Waals surface area contributed by atoms with Gasteiger partial charge in [-0.25, -0.2) is 0 Å². The van der Waals surface area contributed by atoms with Gasteiger partial charge in [0.2, 0.25) is 11.8 Å². The Hall–Kier alpha value is -1.85. The molecule has 1 fully saturated rings. The number of rotatable bonds is 2. The summed E-state index contributed by atoms with van der Waals surface area (Å²) in [4.78, 5) is 24.7. The summed E-state index contributed by atoms with van der Waals surface area (Å²) in [5.74, 6) is -0.951. The number of hydrogen-bond donors (Lipinski definition) is 1. The third kappa shape index (κ3) is 1.69. The largest absolute Gasteiger partial charge is 0.369 e. The van der Waals surface area contributed by atoms with E-state index in [9.17, 15) is 9.59 Å². The number of aromatic nitrogens is 2. The molecule has 0 saturated carbocycles. The number of amides is 2. The molecule has 2 N–H and O–H groups in total. The molecule has 1 saturated heterocycles. The van der Waals surface area contributed by atoms with E-state index in [1.165, 1.54) is 0 Å². The standard InChI is InChI=1S/C11H16N4O2/c1-6-8(5-13-15(6)3)10-7(11(12)17)4-9(16)14(10)2/h5,7,10H,4H2,1-3H3,(H2,12,17)/t7-,10+/m0/s1. The maximum atomic E-state index is 11.7. The molecule has 2 amide bonds. The quantitative estimate of drug-likeness (QED) is 0.767. The smallest absolute Gasteiger partial charge is 0.223 e. The van der Waals surface area contributed by atoms with E-state index in [1.54, 1.807) is 22.8 Å². The van der Waals surface area contributed by atoms with Gasteiger partial charge in [0.1, 0.15) is 0 Å². The average molecular weight is 236 g/mol. The van der Waals surface area contributed by atoms with Crippen molar-refractivity contribution in [3.05, 3.63) is 17.5 Å². The number of primary amides is 1. The fraction of sp³-hybridized carbons (Fsp3) is 0.545. The first-order chi connectivity index (χ1) is 7.93. The number of hydrogen-bond acceptors (Lipinski definition) is 3. The van der Waals surface area contributed by atoms with Gasteiger partial charge < -0.3 is 10.6 Å².